The maximum Gasteiger partial charge on any atom is 0.257 e. The van der Waals surface area contributed by atoms with Crippen molar-refractivity contribution < 1.29 is 19.0 Å². The predicted octanol–water partition coefficient (Wildman–Crippen LogP) is 7.12. The van der Waals surface area contributed by atoms with E-state index in [1.807, 2.05) is 60.8 Å². The van der Waals surface area contributed by atoms with Crippen LogP contribution in [0.15, 0.2) is 103 Å². The lowest BCUT2D eigenvalue weighted by molar-refractivity contribution is 0.102. The van der Waals surface area contributed by atoms with Gasteiger partial charge < -0.3 is 29.7 Å². The topological polar surface area (TPSA) is 85.0 Å². The zero-order valence-corrected chi connectivity index (χ0v) is 25.8. The number of rotatable bonds is 9. The largest absolute Gasteiger partial charge is 0.496 e. The summed E-state index contributed by atoms with van der Waals surface area (Å²) in [5, 5.41) is 6.58. The van der Waals surface area contributed by atoms with Gasteiger partial charge in [0, 0.05) is 44.0 Å². The molecule has 0 saturated carbocycles. The van der Waals surface area contributed by atoms with E-state index < -0.39 is 0 Å². The highest BCUT2D eigenvalue weighted by Crippen LogP contribution is 2.36. The fourth-order valence-corrected chi connectivity index (χ4v) is 5.97. The predicted molar refractivity (Wildman–Crippen MR) is 182 cm³/mol. The number of aromatic nitrogens is 1. The van der Waals surface area contributed by atoms with Gasteiger partial charge in [-0.25, -0.2) is 0 Å². The SMILES string of the molecule is COc1cc(-c2ccc3c(c2)Nc2ccc(CCOc4ccc(N5CCOCC5)cc4)cc2NC3=O)ccc1Cc1cccnc1. The molecule has 1 fully saturated rings. The molecule has 1 saturated heterocycles. The maximum absolute atomic E-state index is 13.3. The molecular weight excluding hydrogens is 576 g/mol. The van der Waals surface area contributed by atoms with Crippen LogP contribution in [0.4, 0.5) is 22.7 Å². The first-order valence-electron chi connectivity index (χ1n) is 15.6. The highest BCUT2D eigenvalue weighted by atomic mass is 16.5. The van der Waals surface area contributed by atoms with Crippen molar-refractivity contribution in [3.63, 3.8) is 0 Å². The molecule has 0 radical (unpaired) electrons. The summed E-state index contributed by atoms with van der Waals surface area (Å²) in [5.41, 5.74) is 9.40. The number of benzene rings is 4. The molecule has 8 heteroatoms. The minimum absolute atomic E-state index is 0.147. The second kappa shape index (κ2) is 13.3. The lowest BCUT2D eigenvalue weighted by Crippen LogP contribution is -2.36. The fraction of sp³-hybridized carbons (Fsp3) is 0.211. The van der Waals surface area contributed by atoms with E-state index in [1.165, 1.54) is 5.69 Å². The van der Waals surface area contributed by atoms with Gasteiger partial charge in [0.2, 0.25) is 0 Å². The van der Waals surface area contributed by atoms with Gasteiger partial charge in [0.25, 0.3) is 5.91 Å². The molecule has 8 nitrogen and oxygen atoms in total. The van der Waals surface area contributed by atoms with E-state index in [9.17, 15) is 4.79 Å². The van der Waals surface area contributed by atoms with Gasteiger partial charge in [0.05, 0.1) is 49.6 Å². The summed E-state index contributed by atoms with van der Waals surface area (Å²) in [4.78, 5) is 19.8. The number of hydrogen-bond donors (Lipinski definition) is 2. The van der Waals surface area contributed by atoms with E-state index in [0.717, 1.165) is 89.1 Å². The molecule has 0 aliphatic carbocycles. The average molecular weight is 613 g/mol. The van der Waals surface area contributed by atoms with E-state index >= 15 is 0 Å². The van der Waals surface area contributed by atoms with E-state index in [0.29, 0.717) is 18.6 Å². The van der Waals surface area contributed by atoms with Crippen molar-refractivity contribution in [2.75, 3.05) is 55.6 Å². The maximum atomic E-state index is 13.3. The monoisotopic (exact) mass is 612 g/mol. The van der Waals surface area contributed by atoms with Gasteiger partial charge in [-0.1, -0.05) is 30.3 Å². The molecule has 2 N–H and O–H groups in total. The number of methoxy groups -OCH3 is 1. The van der Waals surface area contributed by atoms with Crippen LogP contribution in [0, 0.1) is 0 Å². The number of morpholine rings is 1. The van der Waals surface area contributed by atoms with Gasteiger partial charge in [-0.15, -0.1) is 0 Å². The fourth-order valence-electron chi connectivity index (χ4n) is 5.97. The zero-order chi connectivity index (χ0) is 31.3. The average Bonchev–Trinajstić information content (AvgIpc) is 3.24. The summed E-state index contributed by atoms with van der Waals surface area (Å²) in [7, 11) is 1.69. The van der Waals surface area contributed by atoms with Crippen LogP contribution in [0.1, 0.15) is 27.0 Å². The zero-order valence-electron chi connectivity index (χ0n) is 25.8. The summed E-state index contributed by atoms with van der Waals surface area (Å²) in [6.07, 6.45) is 5.09. The van der Waals surface area contributed by atoms with Crippen LogP contribution in [0.25, 0.3) is 11.1 Å². The number of nitrogens with zero attached hydrogens (tertiary/aromatic N) is 2. The molecule has 2 aliphatic rings. The van der Waals surface area contributed by atoms with Crippen LogP contribution in [0.5, 0.6) is 11.5 Å². The number of carbonyl (C=O) groups excluding carboxylic acids is 1. The number of fused-ring (bicyclic) bond motifs is 2. The number of carbonyl (C=O) groups is 1. The van der Waals surface area contributed by atoms with Crippen molar-refractivity contribution in [1.82, 2.24) is 4.98 Å². The van der Waals surface area contributed by atoms with Crippen molar-refractivity contribution in [2.24, 2.45) is 0 Å². The molecule has 5 aromatic rings. The summed E-state index contributed by atoms with van der Waals surface area (Å²) in [6, 6.07) is 30.4. The lowest BCUT2D eigenvalue weighted by atomic mass is 9.98. The molecule has 0 bridgehead atoms. The Morgan fingerprint density at radius 3 is 2.46 bits per heavy atom. The van der Waals surface area contributed by atoms with Gasteiger partial charge in [0.1, 0.15) is 11.5 Å². The first-order valence-corrected chi connectivity index (χ1v) is 15.6. The van der Waals surface area contributed by atoms with E-state index in [4.69, 9.17) is 14.2 Å². The standard InChI is InChI=1S/C38H36N4O4/c1-44-37-24-29(5-6-30(37)21-27-3-2-15-39-25-27)28-7-12-33-35(23-28)40-34-13-4-26(22-36(34)41-38(33)43)14-18-46-32-10-8-31(9-11-32)42-16-19-45-20-17-42/h2-13,15,22-25,40H,14,16-21H2,1H3,(H,41,43). The van der Waals surface area contributed by atoms with Crippen LogP contribution < -0.4 is 25.0 Å². The normalized spacial score (nSPS) is 13.9. The number of nitrogens with one attached hydrogen (secondary N) is 2. The minimum Gasteiger partial charge on any atom is -0.496 e. The summed E-state index contributed by atoms with van der Waals surface area (Å²) < 4.78 is 17.2. The summed E-state index contributed by atoms with van der Waals surface area (Å²) in [5.74, 6) is 1.51. The van der Waals surface area contributed by atoms with Crippen LogP contribution in [0.3, 0.4) is 0 Å². The second-order valence-corrected chi connectivity index (χ2v) is 11.5. The third-order valence-corrected chi connectivity index (χ3v) is 8.48. The molecule has 4 aromatic carbocycles. The second-order valence-electron chi connectivity index (χ2n) is 11.5. The smallest absolute Gasteiger partial charge is 0.257 e. The molecule has 1 aromatic heterocycles. The Morgan fingerprint density at radius 1 is 0.826 bits per heavy atom. The van der Waals surface area contributed by atoms with Crippen LogP contribution in [-0.4, -0.2) is 50.9 Å². The van der Waals surface area contributed by atoms with E-state index in [1.54, 1.807) is 13.3 Å². The first kappa shape index (κ1) is 29.4. The molecule has 1 amide bonds. The Balaban J connectivity index is 1.02. The molecule has 3 heterocycles. The van der Waals surface area contributed by atoms with Gasteiger partial charge in [0.15, 0.2) is 0 Å². The highest BCUT2D eigenvalue weighted by Gasteiger charge is 2.20. The third-order valence-electron chi connectivity index (χ3n) is 8.48. The number of hydrogen-bond acceptors (Lipinski definition) is 7. The molecule has 46 heavy (non-hydrogen) atoms. The quantitative estimate of drug-likeness (QED) is 0.183. The number of pyridine rings is 1. The summed E-state index contributed by atoms with van der Waals surface area (Å²) >= 11 is 0. The summed E-state index contributed by atoms with van der Waals surface area (Å²) in [6.45, 7) is 3.88. The Bertz CT molecular complexity index is 1840. The molecule has 7 rings (SSSR count). The van der Waals surface area contributed by atoms with Gasteiger partial charge in [-0.3, -0.25) is 9.78 Å². The molecule has 2 aliphatic heterocycles. The molecule has 0 atom stereocenters. The van der Waals surface area contributed by atoms with Crippen molar-refractivity contribution in [3.8, 4) is 22.6 Å². The van der Waals surface area contributed by atoms with E-state index in [-0.39, 0.29) is 5.91 Å². The van der Waals surface area contributed by atoms with Gasteiger partial charge >= 0.3 is 0 Å². The highest BCUT2D eigenvalue weighted by molar-refractivity contribution is 6.12. The van der Waals surface area contributed by atoms with Gasteiger partial charge in [-0.05, 0) is 88.5 Å². The molecule has 232 valence electrons. The Morgan fingerprint density at radius 2 is 1.65 bits per heavy atom. The van der Waals surface area contributed by atoms with Crippen LogP contribution in [-0.2, 0) is 17.6 Å². The first-order chi connectivity index (χ1) is 22.6. The molecule has 0 spiro atoms. The van der Waals surface area contributed by atoms with Gasteiger partial charge in [-0.2, -0.15) is 0 Å². The van der Waals surface area contributed by atoms with Crippen molar-refractivity contribution >= 4 is 28.7 Å². The van der Waals surface area contributed by atoms with Crippen LogP contribution >= 0.6 is 0 Å². The Labute approximate surface area is 269 Å². The Kier molecular flexibility index (Phi) is 8.52. The van der Waals surface area contributed by atoms with Crippen molar-refractivity contribution in [2.45, 2.75) is 12.8 Å². The van der Waals surface area contributed by atoms with Crippen LogP contribution in [0.2, 0.25) is 0 Å². The Hall–Kier alpha value is -5.34. The van der Waals surface area contributed by atoms with Crippen molar-refractivity contribution in [1.29, 1.82) is 0 Å². The molecular formula is C38H36N4O4. The number of ether oxygens (including phenoxy) is 3. The van der Waals surface area contributed by atoms with Crippen molar-refractivity contribution in [3.05, 3.63) is 126 Å². The van der Waals surface area contributed by atoms with E-state index in [2.05, 4.69) is 56.9 Å². The third kappa shape index (κ3) is 6.53. The number of amides is 1. The molecule has 0 unspecified atom stereocenters. The minimum atomic E-state index is -0.147. The lowest BCUT2D eigenvalue weighted by Gasteiger charge is -2.28. The number of anilines is 4.